The van der Waals surface area contributed by atoms with E-state index >= 15 is 0 Å². The van der Waals surface area contributed by atoms with Gasteiger partial charge in [0.1, 0.15) is 16.6 Å². The first-order valence-electron chi connectivity index (χ1n) is 9.28. The van der Waals surface area contributed by atoms with Gasteiger partial charge < -0.3 is 9.30 Å². The lowest BCUT2D eigenvalue weighted by molar-refractivity contribution is 0.414. The first-order chi connectivity index (χ1) is 14.1. The quantitative estimate of drug-likeness (QED) is 0.386. The molecule has 0 unspecified atom stereocenters. The van der Waals surface area contributed by atoms with Crippen molar-refractivity contribution in [1.82, 2.24) is 19.7 Å². The molecule has 7 heteroatoms. The number of aromatic nitrogens is 4. The Morgan fingerprint density at radius 3 is 2.52 bits per heavy atom. The molecule has 148 valence electrons. The van der Waals surface area contributed by atoms with Crippen molar-refractivity contribution in [2.75, 3.05) is 7.11 Å². The van der Waals surface area contributed by atoms with Crippen molar-refractivity contribution >= 4 is 23.1 Å². The number of benzene rings is 2. The van der Waals surface area contributed by atoms with E-state index in [2.05, 4.69) is 63.5 Å². The van der Waals surface area contributed by atoms with E-state index in [1.165, 1.54) is 11.1 Å². The van der Waals surface area contributed by atoms with Crippen LogP contribution in [0.5, 0.6) is 5.75 Å². The summed E-state index contributed by atoms with van der Waals surface area (Å²) in [4.78, 5) is 4.77. The minimum atomic E-state index is 0.738. The van der Waals surface area contributed by atoms with Crippen LogP contribution in [0.15, 0.2) is 59.1 Å². The minimum absolute atomic E-state index is 0.738. The highest BCUT2D eigenvalue weighted by Crippen LogP contribution is 2.28. The molecule has 4 rings (SSSR count). The highest BCUT2D eigenvalue weighted by Gasteiger charge is 2.12. The number of hydrogen-bond acceptors (Lipinski definition) is 6. The van der Waals surface area contributed by atoms with Crippen LogP contribution in [0, 0.1) is 6.92 Å². The fourth-order valence-electron chi connectivity index (χ4n) is 2.89. The molecular formula is C22H22N4OS2. The molecule has 2 aromatic heterocycles. The highest BCUT2D eigenvalue weighted by molar-refractivity contribution is 7.98. The molecule has 0 atom stereocenters. The van der Waals surface area contributed by atoms with Crippen LogP contribution in [-0.2, 0) is 19.2 Å². The van der Waals surface area contributed by atoms with Crippen LogP contribution in [0.1, 0.15) is 22.6 Å². The van der Waals surface area contributed by atoms with Gasteiger partial charge in [0.2, 0.25) is 0 Å². The van der Waals surface area contributed by atoms with Crippen molar-refractivity contribution in [3.8, 4) is 16.3 Å². The maximum Gasteiger partial charge on any atom is 0.191 e. The third kappa shape index (κ3) is 4.68. The molecule has 0 aliphatic rings. The van der Waals surface area contributed by atoms with E-state index in [4.69, 9.17) is 9.72 Å². The van der Waals surface area contributed by atoms with E-state index in [1.54, 1.807) is 30.2 Å². The summed E-state index contributed by atoms with van der Waals surface area (Å²) in [6.07, 6.45) is 0.738. The Balaban J connectivity index is 1.39. The van der Waals surface area contributed by atoms with Crippen LogP contribution in [0.4, 0.5) is 0 Å². The van der Waals surface area contributed by atoms with Gasteiger partial charge in [-0.1, -0.05) is 53.7 Å². The molecule has 2 heterocycles. The van der Waals surface area contributed by atoms with Crippen LogP contribution in [0.2, 0.25) is 0 Å². The fraction of sp³-hybridized carbons (Fsp3) is 0.227. The standard InChI is InChI=1S/C22H22N4OS2/c1-15-4-8-17(9-5-15)21-23-18(13-28-21)14-29-22-25-24-20(26(22)2)12-16-6-10-19(27-3)11-7-16/h4-11,13H,12,14H2,1-3H3. The predicted molar refractivity (Wildman–Crippen MR) is 119 cm³/mol. The monoisotopic (exact) mass is 422 g/mol. The van der Waals surface area contributed by atoms with E-state index < -0.39 is 0 Å². The number of aryl methyl sites for hydroxylation is 1. The van der Waals surface area contributed by atoms with Gasteiger partial charge >= 0.3 is 0 Å². The normalized spacial score (nSPS) is 11.0. The van der Waals surface area contributed by atoms with Gasteiger partial charge in [-0.3, -0.25) is 0 Å². The number of thioether (sulfide) groups is 1. The molecular weight excluding hydrogens is 400 g/mol. The van der Waals surface area contributed by atoms with Crippen molar-refractivity contribution < 1.29 is 4.74 Å². The first kappa shape index (κ1) is 19.7. The average molecular weight is 423 g/mol. The lowest BCUT2D eigenvalue weighted by atomic mass is 10.1. The van der Waals surface area contributed by atoms with Crippen molar-refractivity contribution in [2.24, 2.45) is 7.05 Å². The molecule has 4 aromatic rings. The van der Waals surface area contributed by atoms with Gasteiger partial charge in [-0.15, -0.1) is 21.5 Å². The van der Waals surface area contributed by atoms with Gasteiger partial charge in [0.15, 0.2) is 5.16 Å². The second kappa shape index (κ2) is 8.80. The van der Waals surface area contributed by atoms with Gasteiger partial charge in [0.25, 0.3) is 0 Å². The molecule has 0 spiro atoms. The minimum Gasteiger partial charge on any atom is -0.497 e. The molecule has 0 N–H and O–H groups in total. The van der Waals surface area contributed by atoms with E-state index in [1.807, 2.05) is 19.2 Å². The van der Waals surface area contributed by atoms with Crippen molar-refractivity contribution in [3.63, 3.8) is 0 Å². The average Bonchev–Trinajstić information content (AvgIpc) is 3.35. The molecule has 2 aromatic carbocycles. The maximum atomic E-state index is 5.21. The number of rotatable bonds is 7. The number of ether oxygens (including phenoxy) is 1. The van der Waals surface area contributed by atoms with Crippen LogP contribution in [0.3, 0.4) is 0 Å². The van der Waals surface area contributed by atoms with Crippen LogP contribution in [0.25, 0.3) is 10.6 Å². The SMILES string of the molecule is COc1ccc(Cc2nnc(SCc3csc(-c4ccc(C)cc4)n3)n2C)cc1. The summed E-state index contributed by atoms with van der Waals surface area (Å²) in [5.74, 6) is 2.57. The summed E-state index contributed by atoms with van der Waals surface area (Å²) in [7, 11) is 3.69. The summed E-state index contributed by atoms with van der Waals surface area (Å²) in [5, 5.41) is 12.8. The van der Waals surface area contributed by atoms with Crippen molar-refractivity contribution in [1.29, 1.82) is 0 Å². The van der Waals surface area contributed by atoms with Crippen molar-refractivity contribution in [2.45, 2.75) is 24.3 Å². The topological polar surface area (TPSA) is 52.8 Å². The molecule has 0 aliphatic carbocycles. The van der Waals surface area contributed by atoms with Gasteiger partial charge in [0, 0.05) is 30.2 Å². The number of methoxy groups -OCH3 is 1. The maximum absolute atomic E-state index is 5.21. The van der Waals surface area contributed by atoms with Crippen LogP contribution in [-0.4, -0.2) is 26.9 Å². The second-order valence-electron chi connectivity index (χ2n) is 6.78. The summed E-state index contributed by atoms with van der Waals surface area (Å²) >= 11 is 3.34. The third-order valence-corrected chi connectivity index (χ3v) is 6.64. The number of thiazole rings is 1. The van der Waals surface area contributed by atoms with Crippen molar-refractivity contribution in [3.05, 3.63) is 76.6 Å². The number of nitrogens with zero attached hydrogens (tertiary/aromatic N) is 4. The fourth-order valence-corrected chi connectivity index (χ4v) is 4.64. The predicted octanol–water partition coefficient (Wildman–Crippen LogP) is 5.14. The smallest absolute Gasteiger partial charge is 0.191 e. The first-order valence-corrected chi connectivity index (χ1v) is 11.1. The molecule has 29 heavy (non-hydrogen) atoms. The molecule has 0 bridgehead atoms. The molecule has 0 radical (unpaired) electrons. The summed E-state index contributed by atoms with van der Waals surface area (Å²) in [5.41, 5.74) is 4.67. The third-order valence-electron chi connectivity index (χ3n) is 4.65. The highest BCUT2D eigenvalue weighted by atomic mass is 32.2. The van der Waals surface area contributed by atoms with Gasteiger partial charge in [0.05, 0.1) is 12.8 Å². The largest absolute Gasteiger partial charge is 0.497 e. The zero-order valence-corrected chi connectivity index (χ0v) is 18.3. The Morgan fingerprint density at radius 2 is 1.79 bits per heavy atom. The lowest BCUT2D eigenvalue weighted by Gasteiger charge is -2.05. The summed E-state index contributed by atoms with van der Waals surface area (Å²) < 4.78 is 7.27. The molecule has 0 saturated carbocycles. The zero-order chi connectivity index (χ0) is 20.2. The van der Waals surface area contributed by atoms with Crippen LogP contribution < -0.4 is 4.74 Å². The Bertz CT molecular complexity index is 1080. The number of hydrogen-bond donors (Lipinski definition) is 0. The molecule has 0 amide bonds. The Kier molecular flexibility index (Phi) is 5.97. The molecule has 5 nitrogen and oxygen atoms in total. The Labute approximate surface area is 178 Å². The Morgan fingerprint density at radius 1 is 1.03 bits per heavy atom. The Hall–Kier alpha value is -2.64. The van der Waals surface area contributed by atoms with E-state index in [0.717, 1.165) is 45.2 Å². The van der Waals surface area contributed by atoms with Gasteiger partial charge in [-0.05, 0) is 24.6 Å². The van der Waals surface area contributed by atoms with Gasteiger partial charge in [-0.2, -0.15) is 0 Å². The van der Waals surface area contributed by atoms with E-state index in [-0.39, 0.29) is 0 Å². The van der Waals surface area contributed by atoms with E-state index in [0.29, 0.717) is 0 Å². The summed E-state index contributed by atoms with van der Waals surface area (Å²) in [6, 6.07) is 16.5. The molecule has 0 saturated heterocycles. The lowest BCUT2D eigenvalue weighted by Crippen LogP contribution is -2.00. The summed E-state index contributed by atoms with van der Waals surface area (Å²) in [6.45, 7) is 2.09. The van der Waals surface area contributed by atoms with Gasteiger partial charge in [-0.25, -0.2) is 4.98 Å². The second-order valence-corrected chi connectivity index (χ2v) is 8.58. The van der Waals surface area contributed by atoms with E-state index in [9.17, 15) is 0 Å². The zero-order valence-electron chi connectivity index (χ0n) is 16.6. The van der Waals surface area contributed by atoms with Crippen LogP contribution >= 0.6 is 23.1 Å². The molecule has 0 aliphatic heterocycles. The molecule has 0 fully saturated rings.